The summed E-state index contributed by atoms with van der Waals surface area (Å²) in [7, 11) is 0. The highest BCUT2D eigenvalue weighted by Crippen LogP contribution is 2.26. The Labute approximate surface area is 166 Å². The van der Waals surface area contributed by atoms with Crippen LogP contribution in [0.15, 0.2) is 64.4 Å². The summed E-state index contributed by atoms with van der Waals surface area (Å²) >= 11 is 1.17. The Balaban J connectivity index is 1.69. The fourth-order valence-electron chi connectivity index (χ4n) is 2.49. The first-order valence-corrected chi connectivity index (χ1v) is 9.71. The third-order valence-corrected chi connectivity index (χ3v) is 4.69. The number of aliphatic imine (C=N–C) groups is 1. The maximum Gasteiger partial charge on any atom is 0.271 e. The number of H-pyrrole nitrogens is 1. The van der Waals surface area contributed by atoms with Gasteiger partial charge in [0.05, 0.1) is 0 Å². The third kappa shape index (κ3) is 5.21. The molecule has 0 unspecified atom stereocenters. The predicted molar refractivity (Wildman–Crippen MR) is 113 cm³/mol. The number of nitrogens with one attached hydrogen (secondary N) is 2. The summed E-state index contributed by atoms with van der Waals surface area (Å²) in [5.74, 6) is 1.66. The van der Waals surface area contributed by atoms with Gasteiger partial charge in [-0.05, 0) is 60.8 Å². The van der Waals surface area contributed by atoms with Crippen molar-refractivity contribution in [2.75, 3.05) is 18.5 Å². The van der Waals surface area contributed by atoms with Crippen LogP contribution in [0.1, 0.15) is 18.4 Å². The number of hydrogen-bond acceptors (Lipinski definition) is 6. The highest BCUT2D eigenvalue weighted by Gasteiger charge is 2.14. The monoisotopic (exact) mass is 398 g/mol. The van der Waals surface area contributed by atoms with Gasteiger partial charge in [-0.25, -0.2) is 0 Å². The summed E-state index contributed by atoms with van der Waals surface area (Å²) < 4.78 is 8.46. The molecule has 146 valence electrons. The van der Waals surface area contributed by atoms with Gasteiger partial charge in [-0.3, -0.25) is 14.2 Å². The summed E-state index contributed by atoms with van der Waals surface area (Å²) in [6.07, 6.45) is 1.37. The van der Waals surface area contributed by atoms with E-state index in [1.54, 1.807) is 0 Å². The number of hydrogen-bond donors (Lipinski definition) is 4. The molecule has 0 spiro atoms. The van der Waals surface area contributed by atoms with E-state index in [-0.39, 0.29) is 18.0 Å². The number of aromatic amines is 1. The Kier molecular flexibility index (Phi) is 6.83. The average molecular weight is 398 g/mol. The number of nitrogens with two attached hydrogens (primary N) is 1. The van der Waals surface area contributed by atoms with Gasteiger partial charge in [-0.2, -0.15) is 0 Å². The van der Waals surface area contributed by atoms with Crippen LogP contribution in [0.3, 0.4) is 0 Å². The molecule has 0 radical (unpaired) electrons. The molecule has 0 saturated heterocycles. The van der Waals surface area contributed by atoms with Crippen molar-refractivity contribution in [3.8, 4) is 11.5 Å². The topological polar surface area (TPSA) is 113 Å². The number of para-hydroxylation sites is 1. The third-order valence-electron chi connectivity index (χ3n) is 3.90. The van der Waals surface area contributed by atoms with Crippen molar-refractivity contribution in [2.45, 2.75) is 12.8 Å². The van der Waals surface area contributed by atoms with Gasteiger partial charge in [0.25, 0.3) is 5.56 Å². The van der Waals surface area contributed by atoms with Gasteiger partial charge >= 0.3 is 0 Å². The van der Waals surface area contributed by atoms with E-state index in [0.717, 1.165) is 11.4 Å². The summed E-state index contributed by atoms with van der Waals surface area (Å²) in [5, 5.41) is 12.6. The highest BCUT2D eigenvalue weighted by atomic mass is 32.1. The number of aromatic nitrogens is 1. The number of nitrogens with zero attached hydrogens (tertiary/aromatic N) is 1. The average Bonchev–Trinajstić information content (AvgIpc) is 3.07. The summed E-state index contributed by atoms with van der Waals surface area (Å²) in [6.45, 7) is 0.581. The van der Waals surface area contributed by atoms with Crippen LogP contribution in [0.25, 0.3) is 0 Å². The van der Waals surface area contributed by atoms with E-state index in [2.05, 4.69) is 14.7 Å². The fraction of sp³-hybridized carbons (Fsp3) is 0.200. The maximum absolute atomic E-state index is 12.1. The zero-order chi connectivity index (χ0) is 19.8. The molecule has 0 aliphatic heterocycles. The summed E-state index contributed by atoms with van der Waals surface area (Å²) in [6, 6.07) is 16.9. The lowest BCUT2D eigenvalue weighted by atomic mass is 10.2. The molecule has 7 nitrogen and oxygen atoms in total. The Morgan fingerprint density at radius 3 is 2.54 bits per heavy atom. The lowest BCUT2D eigenvalue weighted by Crippen LogP contribution is -2.22. The van der Waals surface area contributed by atoms with E-state index in [0.29, 0.717) is 35.7 Å². The van der Waals surface area contributed by atoms with Crippen LogP contribution < -0.4 is 21.3 Å². The number of ether oxygens (including phenoxy) is 1. The number of amidine groups is 1. The molecule has 0 aliphatic carbocycles. The molecule has 0 atom stereocenters. The van der Waals surface area contributed by atoms with E-state index in [1.807, 2.05) is 54.6 Å². The smallest absolute Gasteiger partial charge is 0.271 e. The van der Waals surface area contributed by atoms with E-state index in [1.165, 1.54) is 11.5 Å². The molecule has 3 aromatic rings. The Morgan fingerprint density at radius 1 is 1.11 bits per heavy atom. The van der Waals surface area contributed by atoms with Crippen LogP contribution >= 0.6 is 11.5 Å². The van der Waals surface area contributed by atoms with Crippen LogP contribution in [0.4, 0.5) is 10.7 Å². The van der Waals surface area contributed by atoms with Crippen molar-refractivity contribution in [1.29, 1.82) is 0 Å². The fourth-order valence-corrected chi connectivity index (χ4v) is 3.25. The molecule has 2 aromatic carbocycles. The molecule has 3 rings (SSSR count). The standard InChI is InChI=1S/C20H22N4O3S/c21-18(22-12-4-5-13-25)17-19(26)24-28-20(17)23-14-8-10-16(11-9-14)27-15-6-2-1-3-7-15/h1-3,6-11,23,25H,4-5,12-13H2,(H2,21,22)(H,24,26). The first-order chi connectivity index (χ1) is 13.7. The molecule has 1 aromatic heterocycles. The van der Waals surface area contributed by atoms with Gasteiger partial charge in [-0.15, -0.1) is 0 Å². The van der Waals surface area contributed by atoms with Crippen LogP contribution in [0, 0.1) is 0 Å². The minimum absolute atomic E-state index is 0.116. The minimum Gasteiger partial charge on any atom is -0.457 e. The molecule has 1 heterocycles. The van der Waals surface area contributed by atoms with Gasteiger partial charge in [0.2, 0.25) is 0 Å². The van der Waals surface area contributed by atoms with Gasteiger partial charge < -0.3 is 20.9 Å². The van der Waals surface area contributed by atoms with Crippen LogP contribution in [0.5, 0.6) is 11.5 Å². The minimum atomic E-state index is -0.278. The summed E-state index contributed by atoms with van der Waals surface area (Å²) in [4.78, 5) is 16.4. The molecule has 28 heavy (non-hydrogen) atoms. The molecule has 0 amide bonds. The second-order valence-corrected chi connectivity index (χ2v) is 6.82. The number of aliphatic hydroxyl groups is 1. The number of unbranched alkanes of at least 4 members (excludes halogenated alkanes) is 1. The largest absolute Gasteiger partial charge is 0.457 e. The Bertz CT molecular complexity index is 965. The SMILES string of the molecule is NC(=NCCCCO)c1c(Nc2ccc(Oc3ccccc3)cc2)s[nH]c1=O. The highest BCUT2D eigenvalue weighted by molar-refractivity contribution is 7.10. The van der Waals surface area contributed by atoms with E-state index in [4.69, 9.17) is 15.6 Å². The van der Waals surface area contributed by atoms with Crippen molar-refractivity contribution in [3.05, 3.63) is 70.5 Å². The van der Waals surface area contributed by atoms with Crippen molar-refractivity contribution in [3.63, 3.8) is 0 Å². The van der Waals surface area contributed by atoms with E-state index in [9.17, 15) is 4.79 Å². The van der Waals surface area contributed by atoms with Gasteiger partial charge in [-0.1, -0.05) is 18.2 Å². The first-order valence-electron chi connectivity index (χ1n) is 8.90. The first kappa shape index (κ1) is 19.7. The number of rotatable bonds is 9. The Morgan fingerprint density at radius 2 is 1.82 bits per heavy atom. The number of anilines is 2. The second-order valence-electron chi connectivity index (χ2n) is 6.00. The quantitative estimate of drug-likeness (QED) is 0.250. The molecule has 0 bridgehead atoms. The van der Waals surface area contributed by atoms with Crippen molar-refractivity contribution in [1.82, 2.24) is 4.37 Å². The normalized spacial score (nSPS) is 11.4. The van der Waals surface area contributed by atoms with E-state index < -0.39 is 0 Å². The lowest BCUT2D eigenvalue weighted by Gasteiger charge is -2.08. The molecular formula is C20H22N4O3S. The van der Waals surface area contributed by atoms with Crippen molar-refractivity contribution < 1.29 is 9.84 Å². The van der Waals surface area contributed by atoms with Gasteiger partial charge in [0.15, 0.2) is 0 Å². The molecule has 8 heteroatoms. The molecule has 0 aliphatic rings. The van der Waals surface area contributed by atoms with Gasteiger partial charge in [0, 0.05) is 18.8 Å². The number of aliphatic hydroxyl groups excluding tert-OH is 1. The second kappa shape index (κ2) is 9.72. The molecule has 0 fully saturated rings. The summed E-state index contributed by atoms with van der Waals surface area (Å²) in [5.41, 5.74) is 6.85. The van der Waals surface area contributed by atoms with Crippen molar-refractivity contribution in [2.24, 2.45) is 10.7 Å². The molecule has 5 N–H and O–H groups in total. The number of benzene rings is 2. The van der Waals surface area contributed by atoms with Crippen LogP contribution in [-0.2, 0) is 0 Å². The molecular weight excluding hydrogens is 376 g/mol. The zero-order valence-electron chi connectivity index (χ0n) is 15.2. The lowest BCUT2D eigenvalue weighted by molar-refractivity contribution is 0.285. The predicted octanol–water partition coefficient (Wildman–Crippen LogP) is 3.45. The zero-order valence-corrected chi connectivity index (χ0v) is 16.0. The van der Waals surface area contributed by atoms with Crippen LogP contribution in [0.2, 0.25) is 0 Å². The van der Waals surface area contributed by atoms with Gasteiger partial charge in [0.1, 0.15) is 27.9 Å². The Hall–Kier alpha value is -3.10. The van der Waals surface area contributed by atoms with Crippen molar-refractivity contribution >= 4 is 28.1 Å². The molecule has 0 saturated carbocycles. The van der Waals surface area contributed by atoms with Crippen LogP contribution in [-0.4, -0.2) is 28.5 Å². The van der Waals surface area contributed by atoms with E-state index >= 15 is 0 Å². The maximum atomic E-state index is 12.1.